The van der Waals surface area contributed by atoms with Crippen LogP contribution in [0.5, 0.6) is 0 Å². The summed E-state index contributed by atoms with van der Waals surface area (Å²) in [5, 5.41) is -0.987. The standard InChI is InChI=1S/C10H6F4N2/c11-7-4-1-3(15)2-5(16)6(4)8(12)10(14)9(7)13/h1-2H,15-16H2. The summed E-state index contributed by atoms with van der Waals surface area (Å²) in [4.78, 5) is 0. The highest BCUT2D eigenvalue weighted by Crippen LogP contribution is 2.32. The molecule has 0 unspecified atom stereocenters. The molecule has 0 saturated carbocycles. The van der Waals surface area contributed by atoms with Crippen molar-refractivity contribution in [3.63, 3.8) is 0 Å². The Kier molecular flexibility index (Phi) is 2.15. The van der Waals surface area contributed by atoms with Crippen molar-refractivity contribution in [3.8, 4) is 0 Å². The van der Waals surface area contributed by atoms with Gasteiger partial charge in [-0.05, 0) is 12.1 Å². The fraction of sp³-hybridized carbons (Fsp3) is 0. The number of benzene rings is 2. The number of nitrogens with two attached hydrogens (primary N) is 2. The molecule has 0 aliphatic rings. The Morgan fingerprint density at radius 2 is 1.31 bits per heavy atom. The van der Waals surface area contributed by atoms with Gasteiger partial charge in [-0.2, -0.15) is 0 Å². The van der Waals surface area contributed by atoms with Gasteiger partial charge in [0.05, 0.1) is 0 Å². The van der Waals surface area contributed by atoms with Gasteiger partial charge in [0, 0.05) is 22.1 Å². The van der Waals surface area contributed by atoms with E-state index in [1.807, 2.05) is 0 Å². The van der Waals surface area contributed by atoms with E-state index in [0.29, 0.717) is 0 Å². The zero-order chi connectivity index (χ0) is 12.0. The summed E-state index contributed by atoms with van der Waals surface area (Å²) in [6.07, 6.45) is 0. The quantitative estimate of drug-likeness (QED) is 0.316. The average Bonchev–Trinajstić information content (AvgIpc) is 2.22. The van der Waals surface area contributed by atoms with Crippen molar-refractivity contribution < 1.29 is 17.6 Å². The summed E-state index contributed by atoms with van der Waals surface area (Å²) in [5.41, 5.74) is 10.5. The lowest BCUT2D eigenvalue weighted by molar-refractivity contribution is 0.418. The van der Waals surface area contributed by atoms with E-state index in [1.165, 1.54) is 0 Å². The van der Waals surface area contributed by atoms with Gasteiger partial charge in [0.1, 0.15) is 0 Å². The molecule has 2 aromatic rings. The Hall–Kier alpha value is -1.98. The summed E-state index contributed by atoms with van der Waals surface area (Å²) in [5.74, 6) is -6.80. The van der Waals surface area contributed by atoms with Gasteiger partial charge in [-0.25, -0.2) is 17.6 Å². The van der Waals surface area contributed by atoms with Crippen LogP contribution < -0.4 is 11.5 Å². The van der Waals surface area contributed by atoms with Crippen LogP contribution >= 0.6 is 0 Å². The summed E-state index contributed by atoms with van der Waals surface area (Å²) < 4.78 is 52.5. The third kappa shape index (κ3) is 1.26. The van der Waals surface area contributed by atoms with Gasteiger partial charge >= 0.3 is 0 Å². The first-order valence-electron chi connectivity index (χ1n) is 4.24. The molecule has 6 heteroatoms. The first-order chi connectivity index (χ1) is 7.43. The molecule has 0 heterocycles. The summed E-state index contributed by atoms with van der Waals surface area (Å²) >= 11 is 0. The minimum atomic E-state index is -1.89. The Balaban J connectivity index is 3.08. The maximum atomic E-state index is 13.3. The number of hydrogen-bond acceptors (Lipinski definition) is 2. The lowest BCUT2D eigenvalue weighted by Gasteiger charge is -2.08. The number of nitrogen functional groups attached to an aromatic ring is 2. The Morgan fingerprint density at radius 3 is 1.94 bits per heavy atom. The van der Waals surface area contributed by atoms with Gasteiger partial charge in [-0.1, -0.05) is 0 Å². The van der Waals surface area contributed by atoms with Crippen molar-refractivity contribution in [1.29, 1.82) is 0 Å². The topological polar surface area (TPSA) is 52.0 Å². The maximum Gasteiger partial charge on any atom is 0.198 e. The van der Waals surface area contributed by atoms with Gasteiger partial charge in [-0.15, -0.1) is 0 Å². The molecule has 2 aromatic carbocycles. The lowest BCUT2D eigenvalue weighted by atomic mass is 10.1. The van der Waals surface area contributed by atoms with Crippen molar-refractivity contribution in [2.45, 2.75) is 0 Å². The SMILES string of the molecule is Nc1cc(N)c2c(F)c(F)c(F)c(F)c2c1. The molecule has 0 atom stereocenters. The molecule has 0 bridgehead atoms. The molecule has 0 radical (unpaired) electrons. The molecule has 4 N–H and O–H groups in total. The van der Waals surface area contributed by atoms with Gasteiger partial charge in [-0.3, -0.25) is 0 Å². The van der Waals surface area contributed by atoms with Crippen LogP contribution in [0, 0.1) is 23.3 Å². The molecule has 16 heavy (non-hydrogen) atoms. The van der Waals surface area contributed by atoms with Crippen molar-refractivity contribution in [2.75, 3.05) is 11.5 Å². The first-order valence-corrected chi connectivity index (χ1v) is 4.24. The predicted octanol–water partition coefficient (Wildman–Crippen LogP) is 2.56. The van der Waals surface area contributed by atoms with Crippen LogP contribution in [-0.2, 0) is 0 Å². The van der Waals surface area contributed by atoms with Crippen LogP contribution in [0.4, 0.5) is 28.9 Å². The van der Waals surface area contributed by atoms with Crippen LogP contribution in [0.1, 0.15) is 0 Å². The number of halogens is 4. The van der Waals surface area contributed by atoms with Crippen LogP contribution in [0.3, 0.4) is 0 Å². The Labute approximate surface area is 87.5 Å². The lowest BCUT2D eigenvalue weighted by Crippen LogP contribution is -2.02. The van der Waals surface area contributed by atoms with E-state index < -0.39 is 34.0 Å². The molecule has 2 nitrogen and oxygen atoms in total. The molecule has 84 valence electrons. The highest BCUT2D eigenvalue weighted by molar-refractivity contribution is 5.96. The molecule has 0 spiro atoms. The molecule has 0 saturated heterocycles. The smallest absolute Gasteiger partial charge is 0.198 e. The normalized spacial score (nSPS) is 11.0. The molecule has 0 aliphatic carbocycles. The third-order valence-electron chi connectivity index (χ3n) is 2.23. The van der Waals surface area contributed by atoms with Crippen LogP contribution in [-0.4, -0.2) is 0 Å². The third-order valence-corrected chi connectivity index (χ3v) is 2.23. The molecule has 0 aromatic heterocycles. The predicted molar refractivity (Wildman–Crippen MR) is 52.6 cm³/mol. The van der Waals surface area contributed by atoms with Gasteiger partial charge in [0.2, 0.25) is 0 Å². The number of anilines is 2. The fourth-order valence-corrected chi connectivity index (χ4v) is 1.53. The number of hydrogen-bond donors (Lipinski definition) is 2. The van der Waals surface area contributed by atoms with Crippen molar-refractivity contribution >= 4 is 22.1 Å². The van der Waals surface area contributed by atoms with Crippen LogP contribution in [0.15, 0.2) is 12.1 Å². The molecule has 0 fully saturated rings. The maximum absolute atomic E-state index is 13.3. The second kappa shape index (κ2) is 3.26. The minimum Gasteiger partial charge on any atom is -0.399 e. The molecular formula is C10H6F4N2. The zero-order valence-electron chi connectivity index (χ0n) is 7.82. The van der Waals surface area contributed by atoms with E-state index in [2.05, 4.69) is 0 Å². The molecular weight excluding hydrogens is 224 g/mol. The molecule has 0 amide bonds. The first kappa shape index (κ1) is 10.5. The zero-order valence-corrected chi connectivity index (χ0v) is 7.82. The number of fused-ring (bicyclic) bond motifs is 1. The fourth-order valence-electron chi connectivity index (χ4n) is 1.53. The van der Waals surface area contributed by atoms with E-state index in [0.717, 1.165) is 12.1 Å². The highest BCUT2D eigenvalue weighted by atomic mass is 19.2. The van der Waals surface area contributed by atoms with Crippen LogP contribution in [0.25, 0.3) is 10.8 Å². The highest BCUT2D eigenvalue weighted by Gasteiger charge is 2.21. The summed E-state index contributed by atoms with van der Waals surface area (Å²) in [6.45, 7) is 0. The van der Waals surface area contributed by atoms with E-state index in [9.17, 15) is 17.6 Å². The second-order valence-electron chi connectivity index (χ2n) is 3.29. The van der Waals surface area contributed by atoms with E-state index in [4.69, 9.17) is 11.5 Å². The molecule has 2 rings (SSSR count). The summed E-state index contributed by atoms with van der Waals surface area (Å²) in [7, 11) is 0. The van der Waals surface area contributed by atoms with Gasteiger partial charge in [0.25, 0.3) is 0 Å². The van der Waals surface area contributed by atoms with Gasteiger partial charge in [0.15, 0.2) is 23.3 Å². The molecule has 0 aliphatic heterocycles. The monoisotopic (exact) mass is 230 g/mol. The van der Waals surface area contributed by atoms with Crippen molar-refractivity contribution in [1.82, 2.24) is 0 Å². The Morgan fingerprint density at radius 1 is 0.750 bits per heavy atom. The summed E-state index contributed by atoms with van der Waals surface area (Å²) in [6, 6.07) is 2.13. The Bertz CT molecular complexity index is 595. The van der Waals surface area contributed by atoms with E-state index in [-0.39, 0.29) is 11.4 Å². The number of rotatable bonds is 0. The van der Waals surface area contributed by atoms with Gasteiger partial charge < -0.3 is 11.5 Å². The van der Waals surface area contributed by atoms with Crippen LogP contribution in [0.2, 0.25) is 0 Å². The van der Waals surface area contributed by atoms with E-state index in [1.54, 1.807) is 0 Å². The minimum absolute atomic E-state index is 0.0364. The van der Waals surface area contributed by atoms with E-state index >= 15 is 0 Å². The second-order valence-corrected chi connectivity index (χ2v) is 3.29. The van der Waals surface area contributed by atoms with Crippen molar-refractivity contribution in [2.24, 2.45) is 0 Å². The largest absolute Gasteiger partial charge is 0.399 e. The average molecular weight is 230 g/mol. The van der Waals surface area contributed by atoms with Crippen molar-refractivity contribution in [3.05, 3.63) is 35.4 Å².